The first-order valence-electron chi connectivity index (χ1n) is 4.60. The van der Waals surface area contributed by atoms with Crippen molar-refractivity contribution in [3.8, 4) is 0 Å². The highest BCUT2D eigenvalue weighted by atomic mass is 32.1. The van der Waals surface area contributed by atoms with Crippen molar-refractivity contribution < 1.29 is 0 Å². The van der Waals surface area contributed by atoms with E-state index in [0.717, 1.165) is 6.42 Å². The Kier molecular flexibility index (Phi) is 3.17. The van der Waals surface area contributed by atoms with Crippen LogP contribution >= 0.6 is 22.7 Å². The van der Waals surface area contributed by atoms with Crippen molar-refractivity contribution in [1.29, 1.82) is 0 Å². The van der Waals surface area contributed by atoms with E-state index in [4.69, 9.17) is 0 Å². The van der Waals surface area contributed by atoms with Gasteiger partial charge in [-0.3, -0.25) is 0 Å². The van der Waals surface area contributed by atoms with E-state index in [-0.39, 0.29) is 0 Å². The van der Waals surface area contributed by atoms with E-state index in [1.54, 1.807) is 22.7 Å². The quantitative estimate of drug-likeness (QED) is 0.715. The molecule has 0 atom stereocenters. The van der Waals surface area contributed by atoms with E-state index in [1.165, 1.54) is 15.3 Å². The molecule has 0 aromatic carbocycles. The predicted octanol–water partition coefficient (Wildman–Crippen LogP) is 4.45. The summed E-state index contributed by atoms with van der Waals surface area (Å²) in [6.07, 6.45) is 4.50. The monoisotopic (exact) mass is 219 g/mol. The molecule has 2 aromatic heterocycles. The Hall–Kier alpha value is -0.860. The van der Waals surface area contributed by atoms with Crippen molar-refractivity contribution in [3.63, 3.8) is 0 Å². The third kappa shape index (κ3) is 2.14. The van der Waals surface area contributed by atoms with Crippen molar-refractivity contribution in [2.24, 2.45) is 0 Å². The van der Waals surface area contributed by atoms with Gasteiger partial charge in [-0.1, -0.05) is 19.1 Å². The van der Waals surface area contributed by atoms with E-state index in [0.29, 0.717) is 0 Å². The molecule has 71 valence electrons. The molecule has 2 heterocycles. The minimum atomic E-state index is 1.04. The van der Waals surface area contributed by atoms with Gasteiger partial charge in [-0.15, -0.1) is 22.7 Å². The molecule has 0 aliphatic carbocycles. The maximum Gasteiger partial charge on any atom is 0.0352 e. The summed E-state index contributed by atoms with van der Waals surface area (Å²) in [7, 11) is 0. The Morgan fingerprint density at radius 1 is 1.21 bits per heavy atom. The van der Waals surface area contributed by atoms with Gasteiger partial charge in [0, 0.05) is 15.8 Å². The summed E-state index contributed by atoms with van der Waals surface area (Å²) in [6, 6.07) is 8.42. The largest absolute Gasteiger partial charge is 0.144 e. The first-order chi connectivity index (χ1) is 6.90. The SMILES string of the molecule is CC/C(=[C]\c1cccs1)c1cccs1. The molecule has 0 saturated carbocycles. The summed E-state index contributed by atoms with van der Waals surface area (Å²) in [4.78, 5) is 2.55. The minimum Gasteiger partial charge on any atom is -0.144 e. The fourth-order valence-corrected chi connectivity index (χ4v) is 2.71. The second kappa shape index (κ2) is 4.58. The lowest BCUT2D eigenvalue weighted by atomic mass is 10.1. The zero-order valence-corrected chi connectivity index (χ0v) is 9.62. The molecule has 1 radical (unpaired) electrons. The standard InChI is InChI=1S/C12H11S2/c1-2-10(12-6-4-8-14-12)9-11-5-3-7-13-11/h3-8H,2H2,1H3. The minimum absolute atomic E-state index is 1.04. The molecule has 0 saturated heterocycles. The summed E-state index contributed by atoms with van der Waals surface area (Å²) in [5.41, 5.74) is 1.31. The maximum absolute atomic E-state index is 3.46. The molecule has 0 unspecified atom stereocenters. The van der Waals surface area contributed by atoms with Crippen molar-refractivity contribution in [2.75, 3.05) is 0 Å². The Morgan fingerprint density at radius 2 is 2.00 bits per heavy atom. The highest BCUT2D eigenvalue weighted by molar-refractivity contribution is 7.11. The first kappa shape index (κ1) is 9.69. The van der Waals surface area contributed by atoms with E-state index in [9.17, 15) is 0 Å². The molecule has 0 aliphatic heterocycles. The summed E-state index contributed by atoms with van der Waals surface area (Å²) in [5, 5.41) is 4.20. The first-order valence-corrected chi connectivity index (χ1v) is 6.36. The second-order valence-corrected chi connectivity index (χ2v) is 4.81. The van der Waals surface area contributed by atoms with Gasteiger partial charge in [0.05, 0.1) is 0 Å². The van der Waals surface area contributed by atoms with E-state index < -0.39 is 0 Å². The summed E-state index contributed by atoms with van der Waals surface area (Å²) >= 11 is 3.52. The van der Waals surface area contributed by atoms with Gasteiger partial charge in [-0.25, -0.2) is 0 Å². The maximum atomic E-state index is 3.46. The van der Waals surface area contributed by atoms with E-state index in [1.807, 2.05) is 0 Å². The molecule has 0 fully saturated rings. The molecule has 2 aromatic rings. The van der Waals surface area contributed by atoms with Crippen LogP contribution in [0, 0.1) is 6.08 Å². The van der Waals surface area contributed by atoms with Crippen LogP contribution in [0.5, 0.6) is 0 Å². The predicted molar refractivity (Wildman–Crippen MR) is 64.7 cm³/mol. The lowest BCUT2D eigenvalue weighted by molar-refractivity contribution is 1.24. The van der Waals surface area contributed by atoms with Crippen molar-refractivity contribution in [3.05, 3.63) is 50.9 Å². The topological polar surface area (TPSA) is 0 Å². The van der Waals surface area contributed by atoms with Gasteiger partial charge >= 0.3 is 0 Å². The number of rotatable bonds is 3. The van der Waals surface area contributed by atoms with Gasteiger partial charge in [-0.2, -0.15) is 0 Å². The highest BCUT2D eigenvalue weighted by Gasteiger charge is 2.01. The van der Waals surface area contributed by atoms with Crippen molar-refractivity contribution >= 4 is 28.2 Å². The van der Waals surface area contributed by atoms with Crippen LogP contribution in [0.3, 0.4) is 0 Å². The van der Waals surface area contributed by atoms with Crippen LogP contribution < -0.4 is 0 Å². The molecule has 2 rings (SSSR count). The molecule has 0 aliphatic rings. The summed E-state index contributed by atoms with van der Waals surface area (Å²) in [6.45, 7) is 2.18. The van der Waals surface area contributed by atoms with E-state index >= 15 is 0 Å². The van der Waals surface area contributed by atoms with Gasteiger partial charge in [0.25, 0.3) is 0 Å². The van der Waals surface area contributed by atoms with Gasteiger partial charge in [-0.05, 0) is 34.9 Å². The van der Waals surface area contributed by atoms with Crippen LogP contribution in [-0.2, 0) is 0 Å². The zero-order valence-electron chi connectivity index (χ0n) is 7.99. The van der Waals surface area contributed by atoms with Crippen LogP contribution in [-0.4, -0.2) is 0 Å². The Labute approximate surface area is 92.5 Å². The van der Waals surface area contributed by atoms with Gasteiger partial charge in [0.2, 0.25) is 0 Å². The van der Waals surface area contributed by atoms with Crippen molar-refractivity contribution in [2.45, 2.75) is 13.3 Å². The molecule has 0 amide bonds. The smallest absolute Gasteiger partial charge is 0.0352 e. The molecule has 2 heteroatoms. The fourth-order valence-electron chi connectivity index (χ4n) is 1.27. The zero-order chi connectivity index (χ0) is 9.80. The third-order valence-corrected chi connectivity index (χ3v) is 3.68. The Bertz CT molecular complexity index is 393. The highest BCUT2D eigenvalue weighted by Crippen LogP contribution is 2.24. The third-order valence-electron chi connectivity index (χ3n) is 1.97. The van der Waals surface area contributed by atoms with Crippen LogP contribution in [0.1, 0.15) is 23.1 Å². The van der Waals surface area contributed by atoms with Crippen LogP contribution in [0.15, 0.2) is 35.0 Å². The molecular weight excluding hydrogens is 208 g/mol. The normalized spacial score (nSPS) is 11.9. The lowest BCUT2D eigenvalue weighted by Gasteiger charge is -1.98. The van der Waals surface area contributed by atoms with Gasteiger partial charge in [0.15, 0.2) is 0 Å². The number of thiophene rings is 2. The Balaban J connectivity index is 2.30. The van der Waals surface area contributed by atoms with E-state index in [2.05, 4.69) is 48.0 Å². The van der Waals surface area contributed by atoms with Crippen molar-refractivity contribution in [1.82, 2.24) is 0 Å². The average Bonchev–Trinajstić information content (AvgIpc) is 2.86. The summed E-state index contributed by atoms with van der Waals surface area (Å²) in [5.74, 6) is 0. The van der Waals surface area contributed by atoms with Gasteiger partial charge < -0.3 is 0 Å². The molecule has 14 heavy (non-hydrogen) atoms. The average molecular weight is 219 g/mol. The van der Waals surface area contributed by atoms with Gasteiger partial charge in [0.1, 0.15) is 0 Å². The molecule has 0 bridgehead atoms. The van der Waals surface area contributed by atoms with Crippen LogP contribution in [0.25, 0.3) is 5.57 Å². The molecule has 0 nitrogen and oxygen atoms in total. The second-order valence-electron chi connectivity index (χ2n) is 2.91. The summed E-state index contributed by atoms with van der Waals surface area (Å²) < 4.78 is 0. The molecular formula is C12H11S2. The number of allylic oxidation sites excluding steroid dienone is 1. The fraction of sp³-hybridized carbons (Fsp3) is 0.167. The van der Waals surface area contributed by atoms with Crippen LogP contribution in [0.4, 0.5) is 0 Å². The number of hydrogen-bond donors (Lipinski definition) is 0. The molecule has 0 spiro atoms. The lowest BCUT2D eigenvalue weighted by Crippen LogP contribution is -1.77. The number of hydrogen-bond acceptors (Lipinski definition) is 2. The Morgan fingerprint density at radius 3 is 2.57 bits per heavy atom. The van der Waals surface area contributed by atoms with Crippen LogP contribution in [0.2, 0.25) is 0 Å². The molecule has 0 N–H and O–H groups in total.